The molecule has 3 nitrogen and oxygen atoms in total. The van der Waals surface area contributed by atoms with Crippen molar-refractivity contribution in [1.29, 1.82) is 0 Å². The summed E-state index contributed by atoms with van der Waals surface area (Å²) < 4.78 is 18.6. The Morgan fingerprint density at radius 3 is 3.07 bits per heavy atom. The molecule has 1 fully saturated rings. The van der Waals surface area contributed by atoms with Crippen molar-refractivity contribution in [2.75, 3.05) is 13.2 Å². The van der Waals surface area contributed by atoms with E-state index in [9.17, 15) is 4.39 Å². The molecule has 2 atom stereocenters. The van der Waals surface area contributed by atoms with Crippen molar-refractivity contribution in [3.05, 3.63) is 22.1 Å². The minimum atomic E-state index is -0.176. The quantitative estimate of drug-likeness (QED) is 0.593. The second kappa shape index (κ2) is 4.35. The van der Waals surface area contributed by atoms with Gasteiger partial charge in [0.15, 0.2) is 0 Å². The fraction of sp³-hybridized carbons (Fsp3) is 0.556. The molecule has 0 spiro atoms. The molecule has 1 aliphatic heterocycles. The van der Waals surface area contributed by atoms with Gasteiger partial charge in [0.2, 0.25) is 0 Å². The van der Waals surface area contributed by atoms with Gasteiger partial charge in [-0.25, -0.2) is 4.39 Å². The maximum Gasteiger partial charge on any atom is 0.138 e. The smallest absolute Gasteiger partial charge is 0.138 e. The van der Waals surface area contributed by atoms with Crippen LogP contribution in [0.3, 0.4) is 0 Å². The van der Waals surface area contributed by atoms with Crippen LogP contribution in [0.25, 0.3) is 0 Å². The predicted molar refractivity (Wildman–Crippen MR) is 53.3 cm³/mol. The van der Waals surface area contributed by atoms with Gasteiger partial charge < -0.3 is 4.74 Å². The van der Waals surface area contributed by atoms with Crippen LogP contribution < -0.4 is 11.3 Å². The van der Waals surface area contributed by atoms with Crippen LogP contribution in [0.5, 0.6) is 0 Å². The Morgan fingerprint density at radius 2 is 2.57 bits per heavy atom. The molecule has 1 aromatic heterocycles. The Balaban J connectivity index is 2.16. The fourth-order valence-corrected chi connectivity index (χ4v) is 2.69. The number of halogens is 1. The molecule has 78 valence electrons. The number of hydrogen-bond donors (Lipinski definition) is 2. The Hall–Kier alpha value is -0.490. The first kappa shape index (κ1) is 10.0. The Morgan fingerprint density at radius 1 is 1.71 bits per heavy atom. The van der Waals surface area contributed by atoms with E-state index in [0.29, 0.717) is 11.5 Å². The van der Waals surface area contributed by atoms with Gasteiger partial charge in [0.25, 0.3) is 0 Å². The maximum absolute atomic E-state index is 13.3. The molecule has 14 heavy (non-hydrogen) atoms. The number of ether oxygens (including phenoxy) is 1. The van der Waals surface area contributed by atoms with Crippen molar-refractivity contribution in [1.82, 2.24) is 5.43 Å². The van der Waals surface area contributed by atoms with Crippen LogP contribution in [0.15, 0.2) is 11.4 Å². The summed E-state index contributed by atoms with van der Waals surface area (Å²) >= 11 is 1.40. The summed E-state index contributed by atoms with van der Waals surface area (Å²) in [6, 6.07) is 1.36. The molecule has 0 bridgehead atoms. The molecule has 1 aromatic rings. The molecule has 0 radical (unpaired) electrons. The van der Waals surface area contributed by atoms with Gasteiger partial charge in [-0.2, -0.15) is 0 Å². The third kappa shape index (κ3) is 1.81. The lowest BCUT2D eigenvalue weighted by molar-refractivity contribution is 0.176. The highest BCUT2D eigenvalue weighted by molar-refractivity contribution is 7.10. The number of hydrazine groups is 1. The van der Waals surface area contributed by atoms with Crippen molar-refractivity contribution in [3.63, 3.8) is 0 Å². The highest BCUT2D eigenvalue weighted by Gasteiger charge is 2.28. The van der Waals surface area contributed by atoms with Crippen LogP contribution in [0.1, 0.15) is 17.3 Å². The predicted octanol–water partition coefficient (Wildman–Crippen LogP) is 1.43. The van der Waals surface area contributed by atoms with Gasteiger partial charge in [-0.1, -0.05) is 0 Å². The first-order valence-corrected chi connectivity index (χ1v) is 5.47. The summed E-state index contributed by atoms with van der Waals surface area (Å²) in [5.41, 5.74) is 2.68. The van der Waals surface area contributed by atoms with Gasteiger partial charge in [0.05, 0.1) is 17.5 Å². The van der Waals surface area contributed by atoms with Gasteiger partial charge >= 0.3 is 0 Å². The molecule has 0 aromatic carbocycles. The standard InChI is InChI=1S/C9H13FN2OS/c10-7-2-4-14-9(7)8(12-11)6-1-3-13-5-6/h2,4,6,8,12H,1,3,5,11H2. The van der Waals surface area contributed by atoms with E-state index in [4.69, 9.17) is 10.6 Å². The molecule has 0 saturated carbocycles. The van der Waals surface area contributed by atoms with Crippen molar-refractivity contribution in [2.24, 2.45) is 11.8 Å². The van der Waals surface area contributed by atoms with Crippen LogP contribution in [0.2, 0.25) is 0 Å². The first-order chi connectivity index (χ1) is 6.83. The van der Waals surface area contributed by atoms with E-state index in [0.717, 1.165) is 13.0 Å². The fourth-order valence-electron chi connectivity index (χ4n) is 1.77. The molecule has 1 aliphatic rings. The molecule has 5 heteroatoms. The zero-order chi connectivity index (χ0) is 9.97. The number of thiophene rings is 1. The minimum Gasteiger partial charge on any atom is -0.381 e. The highest BCUT2D eigenvalue weighted by Crippen LogP contribution is 2.32. The maximum atomic E-state index is 13.3. The molecular formula is C9H13FN2OS. The molecule has 2 heterocycles. The van der Waals surface area contributed by atoms with Gasteiger partial charge in [-0.3, -0.25) is 11.3 Å². The monoisotopic (exact) mass is 216 g/mol. The number of rotatable bonds is 3. The van der Waals surface area contributed by atoms with E-state index in [1.807, 2.05) is 0 Å². The largest absolute Gasteiger partial charge is 0.381 e. The van der Waals surface area contributed by atoms with Crippen LogP contribution in [-0.4, -0.2) is 13.2 Å². The van der Waals surface area contributed by atoms with Crippen LogP contribution in [0, 0.1) is 11.7 Å². The topological polar surface area (TPSA) is 47.3 Å². The van der Waals surface area contributed by atoms with Crippen molar-refractivity contribution in [2.45, 2.75) is 12.5 Å². The van der Waals surface area contributed by atoms with E-state index in [-0.39, 0.29) is 17.8 Å². The summed E-state index contributed by atoms with van der Waals surface area (Å²) in [7, 11) is 0. The summed E-state index contributed by atoms with van der Waals surface area (Å²) in [5, 5.41) is 1.74. The second-order valence-corrected chi connectivity index (χ2v) is 4.35. The van der Waals surface area contributed by atoms with Crippen molar-refractivity contribution < 1.29 is 9.13 Å². The molecule has 1 saturated heterocycles. The van der Waals surface area contributed by atoms with Crippen molar-refractivity contribution in [3.8, 4) is 0 Å². The van der Waals surface area contributed by atoms with E-state index in [2.05, 4.69) is 5.43 Å². The van der Waals surface area contributed by atoms with Gasteiger partial charge in [0.1, 0.15) is 5.82 Å². The summed E-state index contributed by atoms with van der Waals surface area (Å²) in [6.07, 6.45) is 0.937. The summed E-state index contributed by atoms with van der Waals surface area (Å²) in [6.45, 7) is 1.40. The van der Waals surface area contributed by atoms with Crippen LogP contribution in [-0.2, 0) is 4.74 Å². The molecular weight excluding hydrogens is 203 g/mol. The molecule has 3 N–H and O–H groups in total. The van der Waals surface area contributed by atoms with E-state index in [1.54, 1.807) is 5.38 Å². The Labute approximate surface area is 86.0 Å². The molecule has 2 rings (SSSR count). The normalized spacial score (nSPS) is 24.0. The lowest BCUT2D eigenvalue weighted by Crippen LogP contribution is -2.33. The summed E-state index contributed by atoms with van der Waals surface area (Å²) in [5.74, 6) is 5.56. The number of nitrogens with two attached hydrogens (primary N) is 1. The molecule has 2 unspecified atom stereocenters. The minimum absolute atomic E-state index is 0.113. The van der Waals surface area contributed by atoms with Crippen LogP contribution >= 0.6 is 11.3 Å². The summed E-state index contributed by atoms with van der Waals surface area (Å²) in [4.78, 5) is 0.683. The lowest BCUT2D eigenvalue weighted by atomic mass is 9.98. The first-order valence-electron chi connectivity index (χ1n) is 4.59. The SMILES string of the molecule is NNC(c1sccc1F)C1CCOC1. The van der Waals surface area contributed by atoms with Crippen LogP contribution in [0.4, 0.5) is 4.39 Å². The van der Waals surface area contributed by atoms with Gasteiger partial charge in [-0.15, -0.1) is 11.3 Å². The average molecular weight is 216 g/mol. The Bertz CT molecular complexity index is 299. The van der Waals surface area contributed by atoms with Gasteiger partial charge in [0, 0.05) is 12.5 Å². The molecule has 0 amide bonds. The molecule has 0 aliphatic carbocycles. The van der Waals surface area contributed by atoms with Crippen molar-refractivity contribution >= 4 is 11.3 Å². The van der Waals surface area contributed by atoms with E-state index in [1.165, 1.54) is 17.4 Å². The zero-order valence-electron chi connectivity index (χ0n) is 7.70. The third-order valence-corrected chi connectivity index (χ3v) is 3.52. The Kier molecular flexibility index (Phi) is 3.12. The number of hydrogen-bond acceptors (Lipinski definition) is 4. The highest BCUT2D eigenvalue weighted by atomic mass is 32.1. The van der Waals surface area contributed by atoms with E-state index < -0.39 is 0 Å². The lowest BCUT2D eigenvalue weighted by Gasteiger charge is -2.20. The van der Waals surface area contributed by atoms with E-state index >= 15 is 0 Å². The average Bonchev–Trinajstić information content (AvgIpc) is 2.80. The third-order valence-electron chi connectivity index (χ3n) is 2.54. The number of nitrogens with one attached hydrogen (secondary N) is 1. The zero-order valence-corrected chi connectivity index (χ0v) is 8.52. The van der Waals surface area contributed by atoms with Gasteiger partial charge in [-0.05, 0) is 17.9 Å². The second-order valence-electron chi connectivity index (χ2n) is 3.40.